The van der Waals surface area contributed by atoms with Crippen molar-refractivity contribution in [3.05, 3.63) is 120 Å². The Morgan fingerprint density at radius 2 is 0.815 bits per heavy atom. The molecular formula is C32H30N12Na2O6S2. The number of nitrogens with zero attached hydrogens (tertiary/aromatic N) is 6. The molecule has 2 aromatic heterocycles. The van der Waals surface area contributed by atoms with Crippen LogP contribution in [-0.4, -0.2) is 46.7 Å². The van der Waals surface area contributed by atoms with Gasteiger partial charge in [-0.3, -0.25) is 0 Å². The van der Waals surface area contributed by atoms with Crippen molar-refractivity contribution in [2.75, 3.05) is 33.1 Å². The second-order valence-electron chi connectivity index (χ2n) is 10.4. The molecule has 8 N–H and O–H groups in total. The fraction of sp³-hybridized carbons (Fsp3) is 0. The van der Waals surface area contributed by atoms with Gasteiger partial charge in [-0.15, -0.1) is 8.57 Å². The molecule has 0 aliphatic carbocycles. The van der Waals surface area contributed by atoms with Crippen LogP contribution in [0.1, 0.15) is 14.0 Å². The monoisotopic (exact) mass is 788 g/mol. The maximum Gasteiger partial charge on any atom is 1.00 e. The van der Waals surface area contributed by atoms with E-state index in [1.807, 2.05) is 12.1 Å². The van der Waals surface area contributed by atoms with Crippen LogP contribution in [0.4, 0.5) is 47.1 Å². The van der Waals surface area contributed by atoms with Crippen molar-refractivity contribution in [2.24, 2.45) is 0 Å². The van der Waals surface area contributed by atoms with Crippen LogP contribution < -0.4 is 92.2 Å². The summed E-state index contributed by atoms with van der Waals surface area (Å²) in [6, 6.07) is 29.7. The molecule has 0 saturated heterocycles. The molecule has 0 unspecified atom stereocenters. The van der Waals surface area contributed by atoms with Gasteiger partial charge in [-0.1, -0.05) is 84.9 Å². The van der Waals surface area contributed by atoms with Crippen molar-refractivity contribution in [3.63, 3.8) is 0 Å². The van der Waals surface area contributed by atoms with Crippen LogP contribution in [-0.2, 0) is 28.8 Å². The second-order valence-corrected chi connectivity index (χ2v) is 13.4. The topological polar surface area (TPSA) is 264 Å². The number of para-hydroxylation sites is 2. The summed E-state index contributed by atoms with van der Waals surface area (Å²) in [5.74, 6) is -0.871. The van der Waals surface area contributed by atoms with Gasteiger partial charge in [-0.25, -0.2) is 11.0 Å². The minimum absolute atomic E-state index is 0. The van der Waals surface area contributed by atoms with E-state index in [4.69, 9.17) is 20.0 Å². The molecule has 54 heavy (non-hydrogen) atoms. The molecule has 0 atom stereocenters. The van der Waals surface area contributed by atoms with E-state index in [1.54, 1.807) is 60.7 Å². The van der Waals surface area contributed by atoms with Crippen molar-refractivity contribution in [3.8, 4) is 0 Å². The van der Waals surface area contributed by atoms with Crippen molar-refractivity contribution in [1.82, 2.24) is 29.9 Å². The number of anilines is 8. The number of hydrogen-bond donors (Lipinski definition) is 6. The largest absolute Gasteiger partial charge is 1.00 e. The van der Waals surface area contributed by atoms with E-state index in [1.165, 1.54) is 48.6 Å². The number of nitrogens with two attached hydrogens (primary N) is 2. The summed E-state index contributed by atoms with van der Waals surface area (Å²) in [6.07, 6.45) is 2.80. The zero-order valence-electron chi connectivity index (χ0n) is 30.7. The molecule has 6 rings (SSSR count). The number of aromatic nitrogens is 6. The molecule has 4 aromatic carbocycles. The summed E-state index contributed by atoms with van der Waals surface area (Å²) in [5, 5.41) is 5.86. The molecule has 18 nitrogen and oxygen atoms in total. The van der Waals surface area contributed by atoms with Gasteiger partial charge in [0.15, 0.2) is 0 Å². The van der Waals surface area contributed by atoms with E-state index in [9.17, 15) is 16.8 Å². The Morgan fingerprint density at radius 3 is 1.20 bits per heavy atom. The van der Waals surface area contributed by atoms with Gasteiger partial charge in [-0.05, 0) is 47.5 Å². The first kappa shape index (κ1) is 42.0. The van der Waals surface area contributed by atoms with E-state index in [-0.39, 0.29) is 119 Å². The van der Waals surface area contributed by atoms with E-state index in [0.29, 0.717) is 11.4 Å². The number of nitrogen functional groups attached to an aromatic ring is 2. The van der Waals surface area contributed by atoms with Crippen molar-refractivity contribution in [1.29, 1.82) is 0 Å². The smallest absolute Gasteiger partial charge is 1.00 e. The minimum atomic E-state index is -4.49. The first-order valence-electron chi connectivity index (χ1n) is 15.0. The van der Waals surface area contributed by atoms with Crippen molar-refractivity contribution in [2.45, 2.75) is 9.79 Å². The molecule has 0 bridgehead atoms. The first-order valence-corrected chi connectivity index (χ1v) is 17.8. The van der Waals surface area contributed by atoms with Crippen LogP contribution >= 0.6 is 0 Å². The van der Waals surface area contributed by atoms with E-state index < -0.39 is 20.2 Å². The summed E-state index contributed by atoms with van der Waals surface area (Å²) < 4.78 is 63.3. The van der Waals surface area contributed by atoms with Gasteiger partial charge in [0, 0.05) is 11.4 Å². The van der Waals surface area contributed by atoms with Gasteiger partial charge in [0.1, 0.15) is 9.79 Å². The average molecular weight is 789 g/mol. The minimum Gasteiger partial charge on any atom is -1.00 e. The molecule has 0 fully saturated rings. The fourth-order valence-electron chi connectivity index (χ4n) is 4.43. The van der Waals surface area contributed by atoms with Gasteiger partial charge in [-0.2, -0.15) is 46.7 Å². The van der Waals surface area contributed by atoms with E-state index in [0.717, 1.165) is 0 Å². The summed E-state index contributed by atoms with van der Waals surface area (Å²) in [4.78, 5) is 23.4. The predicted octanol–water partition coefficient (Wildman–Crippen LogP) is -1.42. The van der Waals surface area contributed by atoms with E-state index >= 15 is 0 Å². The van der Waals surface area contributed by atoms with Crippen molar-refractivity contribution >= 4 is 79.5 Å². The van der Waals surface area contributed by atoms with Crippen LogP contribution in [0.25, 0.3) is 12.2 Å². The molecule has 0 aliphatic heterocycles. The molecule has 0 aliphatic rings. The summed E-state index contributed by atoms with van der Waals surface area (Å²) in [6.45, 7) is 0. The zero-order valence-corrected chi connectivity index (χ0v) is 34.3. The molecule has 22 heteroatoms. The van der Waals surface area contributed by atoms with Gasteiger partial charge >= 0.3 is 79.4 Å². The van der Waals surface area contributed by atoms with Crippen LogP contribution in [0.15, 0.2) is 119 Å². The van der Waals surface area contributed by atoms with Crippen molar-refractivity contribution < 1.29 is 87.4 Å². The van der Waals surface area contributed by atoms with Crippen LogP contribution in [0, 0.1) is 0 Å². The Labute approximate surface area is 357 Å². The Bertz CT molecular complexity index is 2290. The third-order valence-corrected chi connectivity index (χ3v) is 9.10. The third-order valence-electron chi connectivity index (χ3n) is 6.67. The quantitative estimate of drug-likeness (QED) is 0.0420. The average Bonchev–Trinajstić information content (AvgIpc) is 3.13. The molecule has 268 valence electrons. The van der Waals surface area contributed by atoms with Gasteiger partial charge in [0.25, 0.3) is 11.9 Å². The molecular weight excluding hydrogens is 759 g/mol. The third kappa shape index (κ3) is 11.4. The van der Waals surface area contributed by atoms with Gasteiger partial charge < -0.3 is 25.0 Å². The Morgan fingerprint density at radius 1 is 0.481 bits per heavy atom. The summed E-state index contributed by atoms with van der Waals surface area (Å²) in [7, 11) is -8.99. The van der Waals surface area contributed by atoms with Crippen LogP contribution in [0.5, 0.6) is 0 Å². The Hall–Kier alpha value is -4.74. The molecule has 2 heterocycles. The van der Waals surface area contributed by atoms with Crippen LogP contribution in [0.3, 0.4) is 0 Å². The maximum absolute atomic E-state index is 13.3. The first-order chi connectivity index (χ1) is 25.0. The number of rotatable bonds is 14. The zero-order chi connectivity index (χ0) is 36.6. The standard InChI is InChI=1S/C32H28N12O6S2.2Na.2H/c33-27-37-29(35-23-13-3-1-4-14-23)41-31(39-27)43-49-51(45,46)25-17-9-7-11-21(25)19-20-22-12-8-10-18-26(22)52(47,48)50-44-32-40-28(34)38-30(42-32)36-24-15-5-2-6-16-24;;;;/h1-20H,(H4,33,35,37,39,41,43)(H4,34,36,38,40,42,44);;;;/q;2*+1;2*-1. The second kappa shape index (κ2) is 19.0. The molecule has 6 aromatic rings. The number of nitrogens with one attached hydrogen (secondary N) is 4. The molecule has 0 radical (unpaired) electrons. The Kier molecular flexibility index (Phi) is 14.8. The predicted molar refractivity (Wildman–Crippen MR) is 196 cm³/mol. The molecule has 0 saturated carbocycles. The summed E-state index contributed by atoms with van der Waals surface area (Å²) >= 11 is 0. The maximum atomic E-state index is 13.3. The van der Waals surface area contributed by atoms with Gasteiger partial charge in [0.05, 0.1) is 0 Å². The molecule has 0 spiro atoms. The normalized spacial score (nSPS) is 11.2. The Balaban J connectivity index is 0.00000271. The fourth-order valence-corrected chi connectivity index (χ4v) is 6.32. The number of benzene rings is 4. The SMILES string of the molecule is Nc1nc(NOS(=O)(=O)c2ccccc2C=Cc2ccccc2S(=O)(=O)ONc2nc(N)nc(Nc3ccccc3)n2)nc(Nc2ccccc2)n1.[H-].[H-].[Na+].[Na+]. The molecule has 0 amide bonds. The number of hydrogen-bond acceptors (Lipinski definition) is 18. The van der Waals surface area contributed by atoms with Crippen LogP contribution in [0.2, 0.25) is 0 Å². The van der Waals surface area contributed by atoms with Gasteiger partial charge in [0.2, 0.25) is 23.8 Å². The summed E-state index contributed by atoms with van der Waals surface area (Å²) in [5.41, 5.74) is 17.6. The van der Waals surface area contributed by atoms with E-state index in [2.05, 4.69) is 51.5 Å².